The molecule has 0 saturated carbocycles. The number of aliphatic hydroxyl groups excluding tert-OH is 1. The monoisotopic (exact) mass is 324 g/mol. The van der Waals surface area contributed by atoms with Crippen molar-refractivity contribution in [2.75, 3.05) is 18.0 Å². The molecule has 0 aromatic heterocycles. The van der Waals surface area contributed by atoms with Crippen molar-refractivity contribution in [1.82, 2.24) is 5.32 Å². The third-order valence-electron chi connectivity index (χ3n) is 3.65. The number of benzene rings is 1. The molecule has 0 radical (unpaired) electrons. The molecule has 6 heteroatoms. The highest BCUT2D eigenvalue weighted by Gasteiger charge is 2.30. The zero-order valence-electron chi connectivity index (χ0n) is 12.8. The highest BCUT2D eigenvalue weighted by atomic mass is 35.5. The van der Waals surface area contributed by atoms with Gasteiger partial charge in [0.05, 0.1) is 6.10 Å². The van der Waals surface area contributed by atoms with E-state index in [0.29, 0.717) is 36.0 Å². The van der Waals surface area contributed by atoms with Crippen LogP contribution in [0.2, 0.25) is 5.02 Å². The summed E-state index contributed by atoms with van der Waals surface area (Å²) in [6.07, 6.45) is 0.581. The van der Waals surface area contributed by atoms with E-state index in [1.54, 1.807) is 18.2 Å². The number of carbonyl (C=O) groups is 2. The fourth-order valence-corrected chi connectivity index (χ4v) is 2.90. The Morgan fingerprint density at radius 2 is 2.14 bits per heavy atom. The maximum atomic E-state index is 12.2. The van der Waals surface area contributed by atoms with E-state index in [0.717, 1.165) is 5.56 Å². The van der Waals surface area contributed by atoms with Crippen LogP contribution in [0.5, 0.6) is 0 Å². The largest absolute Gasteiger partial charge is 0.391 e. The predicted molar refractivity (Wildman–Crippen MR) is 86.0 cm³/mol. The smallest absolute Gasteiger partial charge is 0.316 e. The van der Waals surface area contributed by atoms with Gasteiger partial charge in [-0.15, -0.1) is 0 Å². The molecule has 2 amide bonds. The van der Waals surface area contributed by atoms with E-state index >= 15 is 0 Å². The lowest BCUT2D eigenvalue weighted by Gasteiger charge is -2.18. The molecule has 120 valence electrons. The van der Waals surface area contributed by atoms with E-state index in [1.807, 2.05) is 13.8 Å². The van der Waals surface area contributed by atoms with Crippen LogP contribution in [0, 0.1) is 5.92 Å². The van der Waals surface area contributed by atoms with Gasteiger partial charge in [-0.05, 0) is 36.5 Å². The van der Waals surface area contributed by atoms with Crippen molar-refractivity contribution in [3.63, 3.8) is 0 Å². The van der Waals surface area contributed by atoms with E-state index in [9.17, 15) is 14.7 Å². The Morgan fingerprint density at radius 1 is 1.41 bits per heavy atom. The van der Waals surface area contributed by atoms with Gasteiger partial charge in [0, 0.05) is 23.8 Å². The molecule has 0 spiro atoms. The van der Waals surface area contributed by atoms with Crippen LogP contribution in [0.25, 0.3) is 0 Å². The minimum atomic E-state index is -0.698. The van der Waals surface area contributed by atoms with Crippen LogP contribution in [0.1, 0.15) is 25.8 Å². The highest BCUT2D eigenvalue weighted by Crippen LogP contribution is 2.33. The van der Waals surface area contributed by atoms with Crippen molar-refractivity contribution in [3.8, 4) is 0 Å². The molecule has 1 unspecified atom stereocenters. The molecule has 2 N–H and O–H groups in total. The van der Waals surface area contributed by atoms with Crippen molar-refractivity contribution in [1.29, 1.82) is 0 Å². The van der Waals surface area contributed by atoms with Crippen molar-refractivity contribution < 1.29 is 14.7 Å². The minimum absolute atomic E-state index is 0.0823. The molecule has 1 aromatic carbocycles. The molecule has 1 aromatic rings. The standard InChI is InChI=1S/C16H21ClN2O3/c1-10(2)8-11(20)9-18-15(21)16(22)19-7-6-12-13(17)4-3-5-14(12)19/h3-5,10-11,20H,6-9H2,1-2H3,(H,18,21). The first kappa shape index (κ1) is 16.8. The molecule has 0 aliphatic carbocycles. The summed E-state index contributed by atoms with van der Waals surface area (Å²) in [5.74, 6) is -0.983. The Morgan fingerprint density at radius 3 is 2.82 bits per heavy atom. The summed E-state index contributed by atoms with van der Waals surface area (Å²) >= 11 is 6.10. The van der Waals surface area contributed by atoms with Gasteiger partial charge in [-0.25, -0.2) is 0 Å². The number of rotatable bonds is 4. The SMILES string of the molecule is CC(C)CC(O)CNC(=O)C(=O)N1CCc2c(Cl)cccc21. The number of nitrogens with zero attached hydrogens (tertiary/aromatic N) is 1. The zero-order chi connectivity index (χ0) is 16.3. The Labute approximate surface area is 135 Å². The molecule has 0 saturated heterocycles. The number of amides is 2. The molecule has 1 aliphatic rings. The van der Waals surface area contributed by atoms with Crippen LogP contribution in [-0.4, -0.2) is 36.1 Å². The molecule has 1 atom stereocenters. The fraction of sp³-hybridized carbons (Fsp3) is 0.500. The number of hydrogen-bond donors (Lipinski definition) is 2. The maximum absolute atomic E-state index is 12.2. The molecule has 1 aliphatic heterocycles. The van der Waals surface area contributed by atoms with Crippen molar-refractivity contribution in [3.05, 3.63) is 28.8 Å². The lowest BCUT2D eigenvalue weighted by atomic mass is 10.1. The molecule has 0 fully saturated rings. The number of fused-ring (bicyclic) bond motifs is 1. The lowest BCUT2D eigenvalue weighted by Crippen LogP contribution is -2.44. The predicted octanol–water partition coefficient (Wildman–Crippen LogP) is 1.75. The quantitative estimate of drug-likeness (QED) is 0.829. The third kappa shape index (κ3) is 3.78. The maximum Gasteiger partial charge on any atom is 0.316 e. The summed E-state index contributed by atoms with van der Waals surface area (Å²) in [5.41, 5.74) is 1.58. The Balaban J connectivity index is 1.96. The molecule has 22 heavy (non-hydrogen) atoms. The first-order chi connectivity index (χ1) is 10.4. The van der Waals surface area contributed by atoms with Gasteiger partial charge >= 0.3 is 11.8 Å². The summed E-state index contributed by atoms with van der Waals surface area (Å²) in [6, 6.07) is 5.32. The number of aliphatic hydroxyl groups is 1. The first-order valence-corrected chi connectivity index (χ1v) is 7.83. The second kappa shape index (κ2) is 7.11. The Hall–Kier alpha value is -1.59. The van der Waals surface area contributed by atoms with Crippen molar-refractivity contribution in [2.45, 2.75) is 32.8 Å². The van der Waals surface area contributed by atoms with Crippen molar-refractivity contribution in [2.24, 2.45) is 5.92 Å². The van der Waals surface area contributed by atoms with Crippen LogP contribution in [-0.2, 0) is 16.0 Å². The summed E-state index contributed by atoms with van der Waals surface area (Å²) in [6.45, 7) is 4.50. The average Bonchev–Trinajstić information content (AvgIpc) is 2.88. The topological polar surface area (TPSA) is 69.6 Å². The fourth-order valence-electron chi connectivity index (χ4n) is 2.64. The second-order valence-corrected chi connectivity index (χ2v) is 6.34. The van der Waals surface area contributed by atoms with E-state index in [2.05, 4.69) is 5.32 Å². The number of carbonyl (C=O) groups excluding carboxylic acids is 2. The Kier molecular flexibility index (Phi) is 5.42. The number of anilines is 1. The minimum Gasteiger partial charge on any atom is -0.391 e. The van der Waals surface area contributed by atoms with Crippen molar-refractivity contribution >= 4 is 29.1 Å². The van der Waals surface area contributed by atoms with Gasteiger partial charge in [0.1, 0.15) is 0 Å². The van der Waals surface area contributed by atoms with Gasteiger partial charge in [0.15, 0.2) is 0 Å². The van der Waals surface area contributed by atoms with Crippen LogP contribution in [0.3, 0.4) is 0 Å². The average molecular weight is 325 g/mol. The van der Waals surface area contributed by atoms with Crippen LogP contribution in [0.15, 0.2) is 18.2 Å². The number of nitrogens with one attached hydrogen (secondary N) is 1. The second-order valence-electron chi connectivity index (χ2n) is 5.94. The first-order valence-electron chi connectivity index (χ1n) is 7.45. The molecular weight excluding hydrogens is 304 g/mol. The van der Waals surface area contributed by atoms with Gasteiger partial charge in [-0.1, -0.05) is 31.5 Å². The van der Waals surface area contributed by atoms with E-state index < -0.39 is 17.9 Å². The van der Waals surface area contributed by atoms with Gasteiger partial charge in [-0.3, -0.25) is 9.59 Å². The Bertz CT molecular complexity index is 575. The van der Waals surface area contributed by atoms with Gasteiger partial charge in [0.25, 0.3) is 0 Å². The van der Waals surface area contributed by atoms with E-state index in [1.165, 1.54) is 4.90 Å². The highest BCUT2D eigenvalue weighted by molar-refractivity contribution is 6.41. The molecular formula is C16H21ClN2O3. The van der Waals surface area contributed by atoms with E-state index in [4.69, 9.17) is 11.6 Å². The molecule has 5 nitrogen and oxygen atoms in total. The molecule has 1 heterocycles. The summed E-state index contributed by atoms with van der Waals surface area (Å²) in [5, 5.41) is 12.9. The molecule has 2 rings (SSSR count). The van der Waals surface area contributed by atoms with Gasteiger partial charge in [-0.2, -0.15) is 0 Å². The lowest BCUT2D eigenvalue weighted by molar-refractivity contribution is -0.137. The van der Waals surface area contributed by atoms with Crippen LogP contribution in [0.4, 0.5) is 5.69 Å². The number of halogens is 1. The van der Waals surface area contributed by atoms with Gasteiger partial charge in [0.2, 0.25) is 0 Å². The van der Waals surface area contributed by atoms with E-state index in [-0.39, 0.29) is 6.54 Å². The normalized spacial score (nSPS) is 14.9. The summed E-state index contributed by atoms with van der Waals surface area (Å²) < 4.78 is 0. The van der Waals surface area contributed by atoms with Crippen LogP contribution >= 0.6 is 11.6 Å². The summed E-state index contributed by atoms with van der Waals surface area (Å²) in [7, 11) is 0. The summed E-state index contributed by atoms with van der Waals surface area (Å²) in [4.78, 5) is 25.6. The molecule has 0 bridgehead atoms. The zero-order valence-corrected chi connectivity index (χ0v) is 13.6. The third-order valence-corrected chi connectivity index (χ3v) is 4.01. The van der Waals surface area contributed by atoms with Crippen LogP contribution < -0.4 is 10.2 Å². The van der Waals surface area contributed by atoms with Gasteiger partial charge < -0.3 is 15.3 Å². The number of hydrogen-bond acceptors (Lipinski definition) is 3.